The zero-order chi connectivity index (χ0) is 25.2. The molecule has 36 heavy (non-hydrogen) atoms. The molecule has 2 aromatic carbocycles. The zero-order valence-electron chi connectivity index (χ0n) is 20.8. The summed E-state index contributed by atoms with van der Waals surface area (Å²) >= 11 is 1.63. The molecule has 0 radical (unpaired) electrons. The summed E-state index contributed by atoms with van der Waals surface area (Å²) in [5, 5.41) is 3.64. The Kier molecular flexibility index (Phi) is 6.89. The molecule has 0 spiro atoms. The minimum Gasteiger partial charge on any atom is -0.457 e. The van der Waals surface area contributed by atoms with Crippen molar-refractivity contribution in [3.8, 4) is 11.5 Å². The second-order valence-electron chi connectivity index (χ2n) is 9.44. The van der Waals surface area contributed by atoms with E-state index in [0.717, 1.165) is 41.8 Å². The van der Waals surface area contributed by atoms with Gasteiger partial charge >= 0.3 is 0 Å². The number of aromatic nitrogens is 2. The number of hydrogen-bond acceptors (Lipinski definition) is 6. The summed E-state index contributed by atoms with van der Waals surface area (Å²) < 4.78 is 7.41. The van der Waals surface area contributed by atoms with Crippen LogP contribution in [-0.2, 0) is 24.2 Å². The molecule has 1 N–H and O–H groups in total. The molecule has 1 amide bonds. The molecule has 0 fully saturated rings. The highest BCUT2D eigenvalue weighted by molar-refractivity contribution is 7.18. The van der Waals surface area contributed by atoms with Gasteiger partial charge in [0.25, 0.3) is 5.56 Å². The molecule has 1 atom stereocenters. The molecule has 4 aromatic rings. The zero-order valence-corrected chi connectivity index (χ0v) is 21.6. The molecular formula is C28H30N4O3S. The van der Waals surface area contributed by atoms with Crippen molar-refractivity contribution >= 4 is 33.1 Å². The van der Waals surface area contributed by atoms with Crippen molar-refractivity contribution in [1.82, 2.24) is 14.5 Å². The predicted molar refractivity (Wildman–Crippen MR) is 144 cm³/mol. The summed E-state index contributed by atoms with van der Waals surface area (Å²) in [6, 6.07) is 16.0. The van der Waals surface area contributed by atoms with E-state index < -0.39 is 6.04 Å². The molecule has 5 rings (SSSR count). The fourth-order valence-corrected chi connectivity index (χ4v) is 5.92. The first-order valence-electron chi connectivity index (χ1n) is 12.2. The van der Waals surface area contributed by atoms with Crippen molar-refractivity contribution in [2.45, 2.75) is 45.2 Å². The highest BCUT2D eigenvalue weighted by atomic mass is 32.1. The van der Waals surface area contributed by atoms with Crippen LogP contribution in [0.4, 0.5) is 5.69 Å². The minimum atomic E-state index is -0.719. The second-order valence-corrected chi connectivity index (χ2v) is 10.5. The Morgan fingerprint density at radius 2 is 1.78 bits per heavy atom. The van der Waals surface area contributed by atoms with E-state index in [1.807, 2.05) is 61.5 Å². The van der Waals surface area contributed by atoms with Crippen molar-refractivity contribution in [2.24, 2.45) is 0 Å². The van der Waals surface area contributed by atoms with Gasteiger partial charge in [0.15, 0.2) is 0 Å². The quantitative estimate of drug-likeness (QED) is 0.367. The standard InChI is InChI=1S/C28H30N4O3S/c1-18(26(33)29-19-13-15-21(16-14-19)35-20-9-5-4-6-10-20)32-24(17-31(2)3)30-27-25(28(32)34)22-11-7-8-12-23(22)36-27/h4-6,9-10,13-16,18H,7-8,11-12,17H2,1-3H3,(H,29,33). The largest absolute Gasteiger partial charge is 0.457 e. The minimum absolute atomic E-state index is 0.120. The van der Waals surface area contributed by atoms with Gasteiger partial charge in [0, 0.05) is 10.6 Å². The van der Waals surface area contributed by atoms with E-state index in [9.17, 15) is 9.59 Å². The molecule has 0 saturated carbocycles. The van der Waals surface area contributed by atoms with Crippen LogP contribution in [0.25, 0.3) is 10.2 Å². The van der Waals surface area contributed by atoms with E-state index in [1.54, 1.807) is 35.0 Å². The molecule has 2 heterocycles. The summed E-state index contributed by atoms with van der Waals surface area (Å²) in [7, 11) is 3.87. The summed E-state index contributed by atoms with van der Waals surface area (Å²) in [5.74, 6) is 1.76. The lowest BCUT2D eigenvalue weighted by molar-refractivity contribution is -0.119. The third-order valence-corrected chi connectivity index (χ3v) is 7.60. The second kappa shape index (κ2) is 10.2. The number of thiophene rings is 1. The molecule has 1 aliphatic carbocycles. The maximum absolute atomic E-state index is 13.8. The Morgan fingerprint density at radius 3 is 2.50 bits per heavy atom. The lowest BCUT2D eigenvalue weighted by Gasteiger charge is -2.21. The van der Waals surface area contributed by atoms with Gasteiger partial charge in [0.2, 0.25) is 5.91 Å². The van der Waals surface area contributed by atoms with Crippen LogP contribution in [0, 0.1) is 0 Å². The molecule has 0 bridgehead atoms. The molecular weight excluding hydrogens is 472 g/mol. The lowest BCUT2D eigenvalue weighted by Crippen LogP contribution is -2.36. The molecule has 8 heteroatoms. The van der Waals surface area contributed by atoms with Crippen molar-refractivity contribution < 1.29 is 9.53 Å². The summed E-state index contributed by atoms with van der Waals surface area (Å²) in [6.07, 6.45) is 4.13. The fourth-order valence-electron chi connectivity index (χ4n) is 4.65. The van der Waals surface area contributed by atoms with E-state index in [2.05, 4.69) is 5.32 Å². The number of carbonyl (C=O) groups is 1. The molecule has 2 aromatic heterocycles. The van der Waals surface area contributed by atoms with E-state index >= 15 is 0 Å². The summed E-state index contributed by atoms with van der Waals surface area (Å²) in [6.45, 7) is 2.23. The molecule has 0 saturated heterocycles. The number of anilines is 1. The van der Waals surface area contributed by atoms with Crippen LogP contribution in [0.2, 0.25) is 0 Å². The van der Waals surface area contributed by atoms with Gasteiger partial charge in [0.05, 0.1) is 11.9 Å². The predicted octanol–water partition coefficient (Wildman–Crippen LogP) is 5.39. The number of aryl methyl sites for hydroxylation is 2. The third kappa shape index (κ3) is 4.92. The topological polar surface area (TPSA) is 76.5 Å². The first-order valence-corrected chi connectivity index (χ1v) is 13.1. The van der Waals surface area contributed by atoms with Gasteiger partial charge in [-0.3, -0.25) is 14.2 Å². The Morgan fingerprint density at radius 1 is 1.08 bits per heavy atom. The molecule has 1 aliphatic rings. The Labute approximate surface area is 214 Å². The van der Waals surface area contributed by atoms with Gasteiger partial charge in [-0.1, -0.05) is 18.2 Å². The number of carbonyl (C=O) groups excluding carboxylic acids is 1. The third-order valence-electron chi connectivity index (χ3n) is 6.42. The Bertz CT molecular complexity index is 1440. The summed E-state index contributed by atoms with van der Waals surface area (Å²) in [4.78, 5) is 36.0. The van der Waals surface area contributed by atoms with Gasteiger partial charge in [-0.05, 0) is 88.7 Å². The first kappa shape index (κ1) is 24.2. The lowest BCUT2D eigenvalue weighted by atomic mass is 9.97. The number of ether oxygens (including phenoxy) is 1. The van der Waals surface area contributed by atoms with E-state index in [1.165, 1.54) is 4.88 Å². The Hall–Kier alpha value is -3.49. The van der Waals surface area contributed by atoms with Gasteiger partial charge in [-0.25, -0.2) is 4.98 Å². The van der Waals surface area contributed by atoms with E-state index in [-0.39, 0.29) is 11.5 Å². The van der Waals surface area contributed by atoms with Crippen LogP contribution < -0.4 is 15.6 Å². The number of nitrogens with one attached hydrogen (secondary N) is 1. The van der Waals surface area contributed by atoms with Crippen molar-refractivity contribution in [3.63, 3.8) is 0 Å². The number of rotatable bonds is 7. The van der Waals surface area contributed by atoms with Crippen LogP contribution in [0.1, 0.15) is 42.1 Å². The molecule has 7 nitrogen and oxygen atoms in total. The van der Waals surface area contributed by atoms with Gasteiger partial charge in [0.1, 0.15) is 28.2 Å². The number of nitrogens with zero attached hydrogens (tertiary/aromatic N) is 3. The van der Waals surface area contributed by atoms with Crippen molar-refractivity contribution in [1.29, 1.82) is 0 Å². The highest BCUT2D eigenvalue weighted by Gasteiger charge is 2.26. The number of para-hydroxylation sites is 1. The number of fused-ring (bicyclic) bond motifs is 3. The number of amides is 1. The van der Waals surface area contributed by atoms with Crippen LogP contribution >= 0.6 is 11.3 Å². The molecule has 0 aliphatic heterocycles. The summed E-state index contributed by atoms with van der Waals surface area (Å²) in [5.41, 5.74) is 1.65. The van der Waals surface area contributed by atoms with Crippen molar-refractivity contribution in [2.75, 3.05) is 19.4 Å². The number of hydrogen-bond donors (Lipinski definition) is 1. The average molecular weight is 503 g/mol. The molecule has 1 unspecified atom stereocenters. The highest BCUT2D eigenvalue weighted by Crippen LogP contribution is 2.34. The normalized spacial score (nSPS) is 14.0. The van der Waals surface area contributed by atoms with E-state index in [4.69, 9.17) is 9.72 Å². The Balaban J connectivity index is 1.42. The van der Waals surface area contributed by atoms with Crippen LogP contribution in [0.3, 0.4) is 0 Å². The van der Waals surface area contributed by atoms with Crippen molar-refractivity contribution in [3.05, 3.63) is 81.2 Å². The number of benzene rings is 2. The maximum atomic E-state index is 13.8. The monoisotopic (exact) mass is 502 g/mol. The van der Waals surface area contributed by atoms with E-state index in [0.29, 0.717) is 29.2 Å². The fraction of sp³-hybridized carbons (Fsp3) is 0.321. The smallest absolute Gasteiger partial charge is 0.263 e. The molecule has 186 valence electrons. The first-order chi connectivity index (χ1) is 17.4. The van der Waals surface area contributed by atoms with Gasteiger partial charge in [-0.2, -0.15) is 0 Å². The average Bonchev–Trinajstić information content (AvgIpc) is 3.24. The SMILES string of the molecule is CC(C(=O)Nc1ccc(Oc2ccccc2)cc1)n1c(CN(C)C)nc2sc3c(c2c1=O)CCCC3. The van der Waals surface area contributed by atoms with Crippen LogP contribution in [0.5, 0.6) is 11.5 Å². The van der Waals surface area contributed by atoms with Crippen LogP contribution in [0.15, 0.2) is 59.4 Å². The van der Waals surface area contributed by atoms with Gasteiger partial charge in [-0.15, -0.1) is 11.3 Å². The maximum Gasteiger partial charge on any atom is 0.263 e. The van der Waals surface area contributed by atoms with Gasteiger partial charge < -0.3 is 15.0 Å². The van der Waals surface area contributed by atoms with Crippen LogP contribution in [-0.4, -0.2) is 34.5 Å².